The summed E-state index contributed by atoms with van der Waals surface area (Å²) in [4.78, 5) is 13.9. The zero-order valence-electron chi connectivity index (χ0n) is 8.68. The first-order valence-corrected chi connectivity index (χ1v) is 5.23. The number of fused-ring (bicyclic) bond motifs is 1. The van der Waals surface area contributed by atoms with Gasteiger partial charge in [0.25, 0.3) is 5.91 Å². The molecule has 2 aromatic rings. The van der Waals surface area contributed by atoms with Crippen LogP contribution >= 0.6 is 0 Å². The fourth-order valence-corrected chi connectivity index (χ4v) is 2.00. The van der Waals surface area contributed by atoms with Crippen LogP contribution in [0.3, 0.4) is 0 Å². The Morgan fingerprint density at radius 1 is 1.06 bits per heavy atom. The van der Waals surface area contributed by atoms with E-state index >= 15 is 0 Å². The van der Waals surface area contributed by atoms with E-state index in [-0.39, 0.29) is 5.91 Å². The van der Waals surface area contributed by atoms with Crippen LogP contribution in [0.25, 0.3) is 0 Å². The fraction of sp³-hybridized carbons (Fsp3) is 0.0714. The van der Waals surface area contributed by atoms with Gasteiger partial charge in [0.05, 0.1) is 12.1 Å². The summed E-state index contributed by atoms with van der Waals surface area (Å²) in [7, 11) is 0. The molecule has 77 valence electrons. The lowest BCUT2D eigenvalue weighted by Gasteiger charge is -2.15. The Balaban J connectivity index is 2.02. The Bertz CT molecular complexity index is 533. The van der Waals surface area contributed by atoms with Gasteiger partial charge in [0.1, 0.15) is 0 Å². The minimum absolute atomic E-state index is 0.0433. The zero-order valence-corrected chi connectivity index (χ0v) is 8.68. The second-order valence-corrected chi connectivity index (χ2v) is 3.80. The zero-order chi connectivity index (χ0) is 11.0. The Morgan fingerprint density at radius 3 is 2.62 bits per heavy atom. The van der Waals surface area contributed by atoms with Crippen molar-refractivity contribution in [3.05, 3.63) is 65.7 Å². The largest absolute Gasteiger partial charge is 0.304 e. The average Bonchev–Trinajstić information content (AvgIpc) is 2.69. The molecule has 2 nitrogen and oxygen atoms in total. The molecule has 0 N–H and O–H groups in total. The van der Waals surface area contributed by atoms with E-state index in [1.54, 1.807) is 11.0 Å². The number of para-hydroxylation sites is 1. The van der Waals surface area contributed by atoms with E-state index in [0.717, 1.165) is 11.3 Å². The summed E-state index contributed by atoms with van der Waals surface area (Å²) in [6.07, 6.45) is 0. The minimum atomic E-state index is 0.0433. The highest BCUT2D eigenvalue weighted by Gasteiger charge is 2.27. The molecule has 1 amide bonds. The van der Waals surface area contributed by atoms with Gasteiger partial charge in [0, 0.05) is 5.69 Å². The molecule has 16 heavy (non-hydrogen) atoms. The summed E-state index contributed by atoms with van der Waals surface area (Å²) >= 11 is 0. The van der Waals surface area contributed by atoms with Gasteiger partial charge in [-0.25, -0.2) is 0 Å². The molecule has 0 bridgehead atoms. The van der Waals surface area contributed by atoms with Crippen LogP contribution < -0.4 is 4.90 Å². The lowest BCUT2D eigenvalue weighted by atomic mass is 10.1. The molecule has 0 aliphatic carbocycles. The molecule has 1 heterocycles. The van der Waals surface area contributed by atoms with Crippen molar-refractivity contribution in [1.82, 2.24) is 0 Å². The smallest absolute Gasteiger partial charge is 0.259 e. The monoisotopic (exact) mass is 208 g/mol. The van der Waals surface area contributed by atoms with Crippen LogP contribution in [0.15, 0.2) is 48.5 Å². The predicted octanol–water partition coefficient (Wildman–Crippen LogP) is 2.65. The van der Waals surface area contributed by atoms with Crippen molar-refractivity contribution < 1.29 is 4.79 Å². The molecule has 1 radical (unpaired) electrons. The highest BCUT2D eigenvalue weighted by Crippen LogP contribution is 2.27. The summed E-state index contributed by atoms with van der Waals surface area (Å²) in [6, 6.07) is 18.4. The number of carbonyl (C=O) groups is 1. The maximum absolute atomic E-state index is 12.1. The number of hydrogen-bond donors (Lipinski definition) is 0. The van der Waals surface area contributed by atoms with Crippen LogP contribution in [-0.2, 0) is 6.54 Å². The van der Waals surface area contributed by atoms with Crippen molar-refractivity contribution in [3.63, 3.8) is 0 Å². The first-order valence-electron chi connectivity index (χ1n) is 5.23. The maximum atomic E-state index is 12.1. The summed E-state index contributed by atoms with van der Waals surface area (Å²) in [6.45, 7) is 0.648. The van der Waals surface area contributed by atoms with E-state index in [4.69, 9.17) is 0 Å². The van der Waals surface area contributed by atoms with Crippen molar-refractivity contribution >= 4 is 11.6 Å². The maximum Gasteiger partial charge on any atom is 0.259 e. The molecular weight excluding hydrogens is 198 g/mol. The van der Waals surface area contributed by atoms with E-state index in [1.807, 2.05) is 42.5 Å². The van der Waals surface area contributed by atoms with Crippen LogP contribution in [-0.4, -0.2) is 5.91 Å². The lowest BCUT2D eigenvalue weighted by molar-refractivity contribution is 0.0996. The van der Waals surface area contributed by atoms with E-state index in [9.17, 15) is 4.79 Å². The summed E-state index contributed by atoms with van der Waals surface area (Å²) in [5.74, 6) is 0.0433. The number of hydrogen-bond acceptors (Lipinski definition) is 1. The number of rotatable bonds is 1. The third-order valence-corrected chi connectivity index (χ3v) is 2.80. The van der Waals surface area contributed by atoms with Crippen molar-refractivity contribution in [2.75, 3.05) is 4.90 Å². The number of carbonyl (C=O) groups excluding carboxylic acids is 1. The van der Waals surface area contributed by atoms with Crippen molar-refractivity contribution in [2.24, 2.45) is 0 Å². The molecule has 2 aromatic carbocycles. The van der Waals surface area contributed by atoms with Crippen molar-refractivity contribution in [2.45, 2.75) is 6.54 Å². The molecule has 0 unspecified atom stereocenters. The lowest BCUT2D eigenvalue weighted by Crippen LogP contribution is -2.22. The normalized spacial score (nSPS) is 14.0. The second kappa shape index (κ2) is 3.49. The topological polar surface area (TPSA) is 20.3 Å². The second-order valence-electron chi connectivity index (χ2n) is 3.80. The van der Waals surface area contributed by atoms with Crippen molar-refractivity contribution in [1.29, 1.82) is 0 Å². The standard InChI is InChI=1S/C14H10NO/c16-14-13-9-5-4-6-11(13)10-15(14)12-7-2-1-3-8-12/h1-8H,10H2. The van der Waals surface area contributed by atoms with Gasteiger partial charge in [-0.2, -0.15) is 0 Å². The van der Waals surface area contributed by atoms with E-state index < -0.39 is 0 Å². The molecule has 0 saturated heterocycles. The summed E-state index contributed by atoms with van der Waals surface area (Å²) < 4.78 is 0. The third-order valence-electron chi connectivity index (χ3n) is 2.80. The van der Waals surface area contributed by atoms with Gasteiger partial charge in [-0.05, 0) is 23.8 Å². The van der Waals surface area contributed by atoms with Gasteiger partial charge in [-0.15, -0.1) is 0 Å². The molecule has 3 rings (SSSR count). The first kappa shape index (κ1) is 9.16. The SMILES string of the molecule is O=C1c2[c]cccc2CN1c1ccccc1. The molecule has 0 atom stereocenters. The van der Waals surface area contributed by atoms with Gasteiger partial charge in [-0.3, -0.25) is 4.79 Å². The van der Waals surface area contributed by atoms with Crippen LogP contribution in [0.5, 0.6) is 0 Å². The Kier molecular flexibility index (Phi) is 2.00. The number of nitrogens with zero attached hydrogens (tertiary/aromatic N) is 1. The van der Waals surface area contributed by atoms with Gasteiger partial charge in [0.2, 0.25) is 0 Å². The molecule has 0 saturated carbocycles. The fourth-order valence-electron chi connectivity index (χ4n) is 2.00. The highest BCUT2D eigenvalue weighted by molar-refractivity contribution is 6.09. The minimum Gasteiger partial charge on any atom is -0.304 e. The molecule has 0 spiro atoms. The summed E-state index contributed by atoms with van der Waals surface area (Å²) in [5, 5.41) is 0. The molecule has 2 heteroatoms. The highest BCUT2D eigenvalue weighted by atomic mass is 16.2. The first-order chi connectivity index (χ1) is 7.86. The Morgan fingerprint density at radius 2 is 1.88 bits per heavy atom. The summed E-state index contributed by atoms with van der Waals surface area (Å²) in [5.41, 5.74) is 2.69. The quantitative estimate of drug-likeness (QED) is 0.705. The van der Waals surface area contributed by atoms with Gasteiger partial charge in [-0.1, -0.05) is 36.4 Å². The molecular formula is C14H10NO. The van der Waals surface area contributed by atoms with Crippen LogP contribution in [0.4, 0.5) is 5.69 Å². The molecule has 1 aliphatic rings. The van der Waals surface area contributed by atoms with Crippen molar-refractivity contribution in [3.8, 4) is 0 Å². The molecule has 1 aliphatic heterocycles. The third kappa shape index (κ3) is 1.31. The predicted molar refractivity (Wildman–Crippen MR) is 62.2 cm³/mol. The number of anilines is 1. The number of amides is 1. The molecule has 0 aromatic heterocycles. The van der Waals surface area contributed by atoms with Crippen LogP contribution in [0, 0.1) is 6.07 Å². The molecule has 0 fully saturated rings. The van der Waals surface area contributed by atoms with Gasteiger partial charge < -0.3 is 4.90 Å². The van der Waals surface area contributed by atoms with E-state index in [1.165, 1.54) is 0 Å². The van der Waals surface area contributed by atoms with Crippen LogP contribution in [0.1, 0.15) is 15.9 Å². The Labute approximate surface area is 94.1 Å². The average molecular weight is 208 g/mol. The number of benzene rings is 2. The van der Waals surface area contributed by atoms with Crippen LogP contribution in [0.2, 0.25) is 0 Å². The Hall–Kier alpha value is -2.09. The van der Waals surface area contributed by atoms with E-state index in [2.05, 4.69) is 6.07 Å². The van der Waals surface area contributed by atoms with Gasteiger partial charge >= 0.3 is 0 Å². The van der Waals surface area contributed by atoms with Gasteiger partial charge in [0.15, 0.2) is 0 Å². The van der Waals surface area contributed by atoms with E-state index in [0.29, 0.717) is 12.1 Å².